The van der Waals surface area contributed by atoms with Crippen molar-refractivity contribution < 1.29 is 4.74 Å². The van der Waals surface area contributed by atoms with E-state index >= 15 is 0 Å². The average molecular weight is 289 g/mol. The number of anilines is 2. The van der Waals surface area contributed by atoms with Crippen molar-refractivity contribution in [2.45, 2.75) is 51.6 Å². The third-order valence-electron chi connectivity index (χ3n) is 3.63. The lowest BCUT2D eigenvalue weighted by atomic mass is 10.0. The van der Waals surface area contributed by atoms with Crippen molar-refractivity contribution in [1.29, 1.82) is 5.26 Å². The minimum atomic E-state index is -0.148. The van der Waals surface area contributed by atoms with Gasteiger partial charge < -0.3 is 15.4 Å². The summed E-state index contributed by atoms with van der Waals surface area (Å²) < 4.78 is 5.22. The Morgan fingerprint density at radius 2 is 2.24 bits per heavy atom. The molecule has 1 aliphatic heterocycles. The SMILES string of the molecule is CCC[C@@H](CC)Nc1ncc(C#N)c(NC2(C)COC2)n1. The van der Waals surface area contributed by atoms with Gasteiger partial charge in [-0.25, -0.2) is 4.98 Å². The van der Waals surface area contributed by atoms with Crippen LogP contribution in [0.3, 0.4) is 0 Å². The Bertz CT molecular complexity index is 521. The molecule has 0 radical (unpaired) electrons. The van der Waals surface area contributed by atoms with Crippen LogP contribution < -0.4 is 10.6 Å². The van der Waals surface area contributed by atoms with E-state index in [1.165, 1.54) is 0 Å². The van der Waals surface area contributed by atoms with Crippen LogP contribution in [0, 0.1) is 11.3 Å². The fourth-order valence-corrected chi connectivity index (χ4v) is 2.30. The molecule has 1 saturated heterocycles. The van der Waals surface area contributed by atoms with E-state index in [1.54, 1.807) is 6.20 Å². The molecule has 6 heteroatoms. The molecule has 1 aliphatic rings. The fourth-order valence-electron chi connectivity index (χ4n) is 2.30. The van der Waals surface area contributed by atoms with E-state index in [2.05, 4.69) is 47.4 Å². The van der Waals surface area contributed by atoms with E-state index in [9.17, 15) is 5.26 Å². The van der Waals surface area contributed by atoms with Gasteiger partial charge in [0.2, 0.25) is 5.95 Å². The molecule has 2 N–H and O–H groups in total. The Kier molecular flexibility index (Phi) is 4.97. The largest absolute Gasteiger partial charge is 0.376 e. The van der Waals surface area contributed by atoms with Crippen LogP contribution in [-0.4, -0.2) is 34.8 Å². The summed E-state index contributed by atoms with van der Waals surface area (Å²) in [5.74, 6) is 1.15. The molecule has 114 valence electrons. The first kappa shape index (κ1) is 15.5. The summed E-state index contributed by atoms with van der Waals surface area (Å²) in [5.41, 5.74) is 0.308. The lowest BCUT2D eigenvalue weighted by molar-refractivity contribution is -0.0320. The summed E-state index contributed by atoms with van der Waals surface area (Å²) in [5, 5.41) is 15.8. The normalized spacial score (nSPS) is 17.4. The molecule has 0 saturated carbocycles. The molecule has 1 aromatic heterocycles. The average Bonchev–Trinajstić information content (AvgIpc) is 2.45. The highest BCUT2D eigenvalue weighted by Gasteiger charge is 2.34. The van der Waals surface area contributed by atoms with Crippen molar-refractivity contribution in [3.05, 3.63) is 11.8 Å². The van der Waals surface area contributed by atoms with E-state index in [0.717, 1.165) is 19.3 Å². The van der Waals surface area contributed by atoms with Crippen molar-refractivity contribution in [2.24, 2.45) is 0 Å². The van der Waals surface area contributed by atoms with Gasteiger partial charge in [-0.15, -0.1) is 0 Å². The van der Waals surface area contributed by atoms with Gasteiger partial charge in [-0.1, -0.05) is 20.3 Å². The highest BCUT2D eigenvalue weighted by molar-refractivity contribution is 5.55. The quantitative estimate of drug-likeness (QED) is 0.802. The summed E-state index contributed by atoms with van der Waals surface area (Å²) in [6.07, 6.45) is 4.78. The third kappa shape index (κ3) is 3.82. The van der Waals surface area contributed by atoms with Crippen LogP contribution in [0.5, 0.6) is 0 Å². The zero-order valence-electron chi connectivity index (χ0n) is 12.9. The Labute approximate surface area is 125 Å². The van der Waals surface area contributed by atoms with Crippen LogP contribution >= 0.6 is 0 Å². The molecule has 0 aromatic carbocycles. The van der Waals surface area contributed by atoms with Gasteiger partial charge in [0.05, 0.1) is 24.9 Å². The summed E-state index contributed by atoms with van der Waals surface area (Å²) in [4.78, 5) is 8.71. The topological polar surface area (TPSA) is 82.9 Å². The molecule has 1 fully saturated rings. The lowest BCUT2D eigenvalue weighted by Gasteiger charge is -2.39. The maximum absolute atomic E-state index is 9.19. The summed E-state index contributed by atoms with van der Waals surface area (Å²) in [6.45, 7) is 7.60. The second-order valence-electron chi connectivity index (χ2n) is 5.78. The van der Waals surface area contributed by atoms with Crippen LogP contribution in [0.15, 0.2) is 6.20 Å². The van der Waals surface area contributed by atoms with Crippen molar-refractivity contribution in [3.8, 4) is 6.07 Å². The summed E-state index contributed by atoms with van der Waals surface area (Å²) in [7, 11) is 0. The maximum atomic E-state index is 9.19. The standard InChI is InChI=1S/C15H23N5O/c1-4-6-12(5-2)18-14-17-8-11(7-16)13(19-14)20-15(3)9-21-10-15/h8,12H,4-6,9-10H2,1-3H3,(H2,17,18,19,20)/t12-/m1/s1. The van der Waals surface area contributed by atoms with Crippen molar-refractivity contribution in [2.75, 3.05) is 23.8 Å². The monoisotopic (exact) mass is 289 g/mol. The van der Waals surface area contributed by atoms with E-state index < -0.39 is 0 Å². The number of hydrogen-bond acceptors (Lipinski definition) is 6. The molecule has 0 unspecified atom stereocenters. The van der Waals surface area contributed by atoms with Crippen LogP contribution in [0.1, 0.15) is 45.6 Å². The molecule has 1 atom stereocenters. The van der Waals surface area contributed by atoms with Crippen LogP contribution in [0.25, 0.3) is 0 Å². The molecule has 0 spiro atoms. The first-order chi connectivity index (χ1) is 10.1. The smallest absolute Gasteiger partial charge is 0.224 e. The first-order valence-electron chi connectivity index (χ1n) is 7.50. The van der Waals surface area contributed by atoms with Crippen molar-refractivity contribution in [1.82, 2.24) is 9.97 Å². The van der Waals surface area contributed by atoms with Crippen LogP contribution in [-0.2, 0) is 4.74 Å². The summed E-state index contributed by atoms with van der Waals surface area (Å²) in [6, 6.07) is 2.49. The number of ether oxygens (including phenoxy) is 1. The number of aromatic nitrogens is 2. The number of rotatable bonds is 7. The molecule has 0 bridgehead atoms. The highest BCUT2D eigenvalue weighted by Crippen LogP contribution is 2.24. The number of nitriles is 1. The predicted octanol–water partition coefficient (Wildman–Crippen LogP) is 2.54. The van der Waals surface area contributed by atoms with Gasteiger partial charge in [-0.05, 0) is 19.8 Å². The molecule has 2 heterocycles. The second-order valence-corrected chi connectivity index (χ2v) is 5.78. The Morgan fingerprint density at radius 1 is 1.48 bits per heavy atom. The molecular formula is C15H23N5O. The second kappa shape index (κ2) is 6.72. The molecule has 21 heavy (non-hydrogen) atoms. The Hall–Kier alpha value is -1.87. The highest BCUT2D eigenvalue weighted by atomic mass is 16.5. The lowest BCUT2D eigenvalue weighted by Crippen LogP contribution is -2.53. The molecule has 0 aliphatic carbocycles. The maximum Gasteiger partial charge on any atom is 0.224 e. The zero-order valence-corrected chi connectivity index (χ0v) is 12.9. The van der Waals surface area contributed by atoms with E-state index in [-0.39, 0.29) is 5.54 Å². The number of hydrogen-bond donors (Lipinski definition) is 2. The van der Waals surface area contributed by atoms with Crippen LogP contribution in [0.2, 0.25) is 0 Å². The molecule has 2 rings (SSSR count). The number of nitrogens with one attached hydrogen (secondary N) is 2. The molecule has 1 aromatic rings. The zero-order chi connectivity index (χ0) is 15.3. The predicted molar refractivity (Wildman–Crippen MR) is 82.2 cm³/mol. The minimum Gasteiger partial charge on any atom is -0.376 e. The van der Waals surface area contributed by atoms with E-state index in [1.807, 2.05) is 0 Å². The van der Waals surface area contributed by atoms with Gasteiger partial charge >= 0.3 is 0 Å². The minimum absolute atomic E-state index is 0.148. The third-order valence-corrected chi connectivity index (χ3v) is 3.63. The molecule has 6 nitrogen and oxygen atoms in total. The van der Waals surface area contributed by atoms with Crippen LogP contribution in [0.4, 0.5) is 11.8 Å². The molecular weight excluding hydrogens is 266 g/mol. The van der Waals surface area contributed by atoms with Gasteiger partial charge in [-0.3, -0.25) is 0 Å². The molecule has 0 amide bonds. The Morgan fingerprint density at radius 3 is 2.76 bits per heavy atom. The number of nitrogens with zero attached hydrogens (tertiary/aromatic N) is 3. The van der Waals surface area contributed by atoms with Gasteiger partial charge in [0.15, 0.2) is 0 Å². The Balaban J connectivity index is 2.15. The van der Waals surface area contributed by atoms with Crippen molar-refractivity contribution >= 4 is 11.8 Å². The van der Waals surface area contributed by atoms with E-state index in [0.29, 0.717) is 36.6 Å². The van der Waals surface area contributed by atoms with Gasteiger partial charge in [0, 0.05) is 6.04 Å². The van der Waals surface area contributed by atoms with Gasteiger partial charge in [-0.2, -0.15) is 10.2 Å². The summed E-state index contributed by atoms with van der Waals surface area (Å²) >= 11 is 0. The van der Waals surface area contributed by atoms with Gasteiger partial charge in [0.1, 0.15) is 17.5 Å². The first-order valence-corrected chi connectivity index (χ1v) is 7.50. The fraction of sp³-hybridized carbons (Fsp3) is 0.667. The van der Waals surface area contributed by atoms with Crippen molar-refractivity contribution in [3.63, 3.8) is 0 Å². The van der Waals surface area contributed by atoms with Gasteiger partial charge in [0.25, 0.3) is 0 Å². The van der Waals surface area contributed by atoms with E-state index in [4.69, 9.17) is 4.74 Å².